The third-order valence-electron chi connectivity index (χ3n) is 7.93. The molecule has 25 heteroatoms. The molecule has 0 spiro atoms. The Morgan fingerprint density at radius 1 is 0.431 bits per heavy atom. The molecular weight excluding hydrogens is 874 g/mol. The maximum atomic E-state index is 12.7. The fraction of sp³-hybridized carbons (Fsp3) is 0.275. The lowest BCUT2D eigenvalue weighted by molar-refractivity contribution is -0.170. The molecule has 0 aliphatic rings. The third kappa shape index (κ3) is 18.8. The summed E-state index contributed by atoms with van der Waals surface area (Å²) in [6.07, 6.45) is -1.60. The SMILES string of the molecule is O=C(O)CNc1ccc(C(=O)OCC(=O)OCC(COC(=O)COC(=O)c2ccc(N(CC(=O)O)CC(=O)O)cc2)OC(=O)COC(=O)c2ccc(N(CC(=O)O)CC(=O)O)cc2)cc1. The largest absolute Gasteiger partial charge is 0.480 e. The summed E-state index contributed by atoms with van der Waals surface area (Å²) in [6, 6.07) is 15.0. The number of benzene rings is 3. The van der Waals surface area contributed by atoms with E-state index in [2.05, 4.69) is 5.32 Å². The normalized spacial score (nSPS) is 10.8. The van der Waals surface area contributed by atoms with Crippen LogP contribution in [0.15, 0.2) is 72.8 Å². The summed E-state index contributed by atoms with van der Waals surface area (Å²) in [5, 5.41) is 47.7. The van der Waals surface area contributed by atoms with Gasteiger partial charge < -0.3 is 69.1 Å². The Morgan fingerprint density at radius 3 is 1.08 bits per heavy atom. The van der Waals surface area contributed by atoms with Crippen LogP contribution in [0.25, 0.3) is 0 Å². The Kier molecular flexibility index (Phi) is 19.6. The second kappa shape index (κ2) is 25.2. The molecule has 6 N–H and O–H groups in total. The summed E-state index contributed by atoms with van der Waals surface area (Å²) in [7, 11) is 0. The van der Waals surface area contributed by atoms with Crippen LogP contribution in [0.5, 0.6) is 0 Å². The summed E-state index contributed by atoms with van der Waals surface area (Å²) < 4.78 is 29.9. The van der Waals surface area contributed by atoms with Crippen LogP contribution in [-0.2, 0) is 66.8 Å². The molecule has 0 aliphatic heterocycles. The summed E-state index contributed by atoms with van der Waals surface area (Å²) in [6.45, 7) is -7.71. The van der Waals surface area contributed by atoms with Crippen LogP contribution in [0, 0.1) is 0 Å². The zero-order valence-electron chi connectivity index (χ0n) is 33.6. The number of hydrogen-bond acceptors (Lipinski definition) is 20. The van der Waals surface area contributed by atoms with E-state index < -0.39 is 131 Å². The van der Waals surface area contributed by atoms with Gasteiger partial charge in [-0.3, -0.25) is 24.0 Å². The molecule has 0 saturated heterocycles. The minimum Gasteiger partial charge on any atom is -0.480 e. The van der Waals surface area contributed by atoms with Gasteiger partial charge in [-0.2, -0.15) is 0 Å². The number of esters is 6. The molecular formula is C40H39N3O22. The lowest BCUT2D eigenvalue weighted by Gasteiger charge is -2.20. The van der Waals surface area contributed by atoms with Gasteiger partial charge in [0.2, 0.25) is 0 Å². The fourth-order valence-electron chi connectivity index (χ4n) is 5.06. The van der Waals surface area contributed by atoms with Crippen molar-refractivity contribution in [2.24, 2.45) is 0 Å². The van der Waals surface area contributed by atoms with E-state index in [-0.39, 0.29) is 34.6 Å². The minimum absolute atomic E-state index is 0.0166. The first kappa shape index (κ1) is 50.6. The number of carbonyl (C=O) groups is 11. The molecule has 0 aromatic heterocycles. The smallest absolute Gasteiger partial charge is 0.344 e. The van der Waals surface area contributed by atoms with Crippen LogP contribution in [0.2, 0.25) is 0 Å². The van der Waals surface area contributed by atoms with Crippen molar-refractivity contribution in [3.05, 3.63) is 89.5 Å². The molecule has 1 unspecified atom stereocenters. The first-order valence-electron chi connectivity index (χ1n) is 18.4. The van der Waals surface area contributed by atoms with Crippen molar-refractivity contribution in [3.8, 4) is 0 Å². The number of carboxylic acid groups (broad SMARTS) is 5. The Bertz CT molecular complexity index is 2190. The highest BCUT2D eigenvalue weighted by Crippen LogP contribution is 2.18. The van der Waals surface area contributed by atoms with Crippen LogP contribution < -0.4 is 15.1 Å². The summed E-state index contributed by atoms with van der Waals surface area (Å²) in [5.74, 6) is -13.1. The maximum Gasteiger partial charge on any atom is 0.344 e. The fourth-order valence-corrected chi connectivity index (χ4v) is 5.06. The average molecular weight is 914 g/mol. The number of rotatable bonds is 27. The number of ether oxygens (including phenoxy) is 6. The quantitative estimate of drug-likeness (QED) is 0.0433. The Balaban J connectivity index is 1.60. The highest BCUT2D eigenvalue weighted by Gasteiger charge is 2.23. The molecule has 3 rings (SSSR count). The Hall–Kier alpha value is -8.77. The standard InChI is InChI=1S/C40H39N3O22/c44-30(45)13-41-26-7-1-23(2-8-26)38(57)62-20-35(54)60-18-29(65-37(56)22-64-40(59)25-5-11-28(12-6-25)43(16-33(50)51)17-34(52)53)19-61-36(55)21-63-39(58)24-3-9-27(10-4-24)42(14-31(46)47)15-32(48)49/h1-12,29,41H,13-22H2,(H,44,45)(H,46,47)(H,48,49)(H,50,51)(H,52,53). The summed E-state index contributed by atoms with van der Waals surface area (Å²) >= 11 is 0. The van der Waals surface area contributed by atoms with Crippen LogP contribution >= 0.6 is 0 Å². The number of nitrogens with one attached hydrogen (secondary N) is 1. The van der Waals surface area contributed by atoms with Gasteiger partial charge in [0, 0.05) is 17.1 Å². The van der Waals surface area contributed by atoms with Gasteiger partial charge in [0.15, 0.2) is 25.9 Å². The van der Waals surface area contributed by atoms with Crippen molar-refractivity contribution in [2.45, 2.75) is 6.10 Å². The van der Waals surface area contributed by atoms with E-state index >= 15 is 0 Å². The minimum atomic E-state index is -1.60. The molecule has 0 fully saturated rings. The highest BCUT2D eigenvalue weighted by atomic mass is 16.6. The van der Waals surface area contributed by atoms with Crippen LogP contribution in [-0.4, -0.2) is 163 Å². The third-order valence-corrected chi connectivity index (χ3v) is 7.93. The van der Waals surface area contributed by atoms with E-state index in [0.29, 0.717) is 5.69 Å². The number of anilines is 3. The van der Waals surface area contributed by atoms with Gasteiger partial charge >= 0.3 is 65.7 Å². The van der Waals surface area contributed by atoms with Crippen LogP contribution in [0.4, 0.5) is 17.1 Å². The molecule has 65 heavy (non-hydrogen) atoms. The van der Waals surface area contributed by atoms with Gasteiger partial charge in [0.25, 0.3) is 0 Å². The Labute approximate surface area is 365 Å². The molecule has 3 aromatic rings. The van der Waals surface area contributed by atoms with E-state index in [1.165, 1.54) is 72.8 Å². The molecule has 1 atom stereocenters. The predicted molar refractivity (Wildman–Crippen MR) is 213 cm³/mol. The second-order valence-corrected chi connectivity index (χ2v) is 12.9. The van der Waals surface area contributed by atoms with E-state index in [1.807, 2.05) is 0 Å². The highest BCUT2D eigenvalue weighted by molar-refractivity contribution is 5.93. The summed E-state index contributed by atoms with van der Waals surface area (Å²) in [5.41, 5.74) is 0.375. The van der Waals surface area contributed by atoms with Crippen molar-refractivity contribution >= 4 is 82.7 Å². The molecule has 0 aliphatic carbocycles. The van der Waals surface area contributed by atoms with E-state index in [0.717, 1.165) is 9.80 Å². The number of nitrogens with zero attached hydrogens (tertiary/aromatic N) is 2. The van der Waals surface area contributed by atoms with Gasteiger partial charge in [-0.05, 0) is 72.8 Å². The van der Waals surface area contributed by atoms with E-state index in [4.69, 9.17) is 54.0 Å². The molecule has 0 heterocycles. The predicted octanol–water partition coefficient (Wildman–Crippen LogP) is 0.00330. The van der Waals surface area contributed by atoms with Crippen molar-refractivity contribution in [1.82, 2.24) is 0 Å². The van der Waals surface area contributed by atoms with Crippen LogP contribution in [0.1, 0.15) is 31.1 Å². The number of carbonyl (C=O) groups excluding carboxylic acids is 6. The van der Waals surface area contributed by atoms with Crippen LogP contribution in [0.3, 0.4) is 0 Å². The van der Waals surface area contributed by atoms with Crippen molar-refractivity contribution in [2.75, 3.05) is 80.9 Å². The zero-order valence-corrected chi connectivity index (χ0v) is 33.6. The molecule has 0 amide bonds. The van der Waals surface area contributed by atoms with Crippen molar-refractivity contribution in [1.29, 1.82) is 0 Å². The maximum absolute atomic E-state index is 12.7. The van der Waals surface area contributed by atoms with Gasteiger partial charge in [-0.15, -0.1) is 0 Å². The van der Waals surface area contributed by atoms with Gasteiger partial charge in [0.1, 0.15) is 45.9 Å². The first-order valence-corrected chi connectivity index (χ1v) is 18.4. The molecule has 3 aromatic carbocycles. The lowest BCUT2D eigenvalue weighted by atomic mass is 10.2. The van der Waals surface area contributed by atoms with E-state index in [1.54, 1.807) is 0 Å². The van der Waals surface area contributed by atoms with Crippen molar-refractivity contribution in [3.63, 3.8) is 0 Å². The molecule has 0 saturated carbocycles. The number of aliphatic carboxylic acids is 5. The lowest BCUT2D eigenvalue weighted by Crippen LogP contribution is -2.34. The van der Waals surface area contributed by atoms with Gasteiger partial charge in [-0.1, -0.05) is 0 Å². The molecule has 25 nitrogen and oxygen atoms in total. The topological polar surface area (TPSA) is 363 Å². The number of hydrogen-bond donors (Lipinski definition) is 6. The Morgan fingerprint density at radius 2 is 0.754 bits per heavy atom. The average Bonchev–Trinajstić information content (AvgIpc) is 3.25. The molecule has 0 radical (unpaired) electrons. The summed E-state index contributed by atoms with van der Waals surface area (Å²) in [4.78, 5) is 133. The first-order chi connectivity index (χ1) is 30.8. The molecule has 346 valence electrons. The second-order valence-electron chi connectivity index (χ2n) is 12.9. The van der Waals surface area contributed by atoms with E-state index in [9.17, 15) is 52.7 Å². The zero-order chi connectivity index (χ0) is 48.1. The van der Waals surface area contributed by atoms with Gasteiger partial charge in [0.05, 0.1) is 16.7 Å². The van der Waals surface area contributed by atoms with Gasteiger partial charge in [-0.25, -0.2) is 28.8 Å². The number of carboxylic acids is 5. The monoisotopic (exact) mass is 913 g/mol. The van der Waals surface area contributed by atoms with Crippen molar-refractivity contribution < 1.29 is 107 Å². The molecule has 0 bridgehead atoms.